The summed E-state index contributed by atoms with van der Waals surface area (Å²) in [7, 11) is 2.13. The van der Waals surface area contributed by atoms with Crippen molar-refractivity contribution in [1.29, 1.82) is 0 Å². The summed E-state index contributed by atoms with van der Waals surface area (Å²) in [6.07, 6.45) is 2.91. The SMILES string of the molecule is CC(C)Oc1ccccc1NC(=O)CC1CCN(C)CC1. The van der Waals surface area contributed by atoms with E-state index < -0.39 is 0 Å². The van der Waals surface area contributed by atoms with Crippen LogP contribution in [0.2, 0.25) is 0 Å². The first-order valence-electron chi connectivity index (χ1n) is 7.78. The number of hydrogen-bond acceptors (Lipinski definition) is 3. The summed E-state index contributed by atoms with van der Waals surface area (Å²) in [5, 5.41) is 3.00. The molecule has 4 nitrogen and oxygen atoms in total. The van der Waals surface area contributed by atoms with Gasteiger partial charge in [0.15, 0.2) is 0 Å². The molecule has 1 heterocycles. The Kier molecular flexibility index (Phi) is 5.62. The molecule has 21 heavy (non-hydrogen) atoms. The first-order chi connectivity index (χ1) is 10.0. The molecule has 1 fully saturated rings. The zero-order chi connectivity index (χ0) is 15.2. The molecule has 0 saturated carbocycles. The maximum absolute atomic E-state index is 12.2. The van der Waals surface area contributed by atoms with Gasteiger partial charge in [0.2, 0.25) is 5.91 Å². The first kappa shape index (κ1) is 15.8. The largest absolute Gasteiger partial charge is 0.489 e. The van der Waals surface area contributed by atoms with Gasteiger partial charge >= 0.3 is 0 Å². The van der Waals surface area contributed by atoms with Crippen molar-refractivity contribution in [2.75, 3.05) is 25.5 Å². The molecule has 116 valence electrons. The summed E-state index contributed by atoms with van der Waals surface area (Å²) in [5.41, 5.74) is 0.768. The van der Waals surface area contributed by atoms with Crippen LogP contribution in [0.5, 0.6) is 5.75 Å². The molecule has 0 aliphatic carbocycles. The highest BCUT2D eigenvalue weighted by Gasteiger charge is 2.20. The molecular formula is C17H26N2O2. The van der Waals surface area contributed by atoms with Gasteiger partial charge < -0.3 is 15.0 Å². The fraction of sp³-hybridized carbons (Fsp3) is 0.588. The minimum absolute atomic E-state index is 0.0874. The van der Waals surface area contributed by atoms with Crippen LogP contribution >= 0.6 is 0 Å². The minimum Gasteiger partial charge on any atom is -0.489 e. The van der Waals surface area contributed by atoms with Crippen LogP contribution in [0.25, 0.3) is 0 Å². The maximum atomic E-state index is 12.2. The van der Waals surface area contributed by atoms with Crippen LogP contribution in [-0.4, -0.2) is 37.0 Å². The van der Waals surface area contributed by atoms with Crippen molar-refractivity contribution < 1.29 is 9.53 Å². The van der Waals surface area contributed by atoms with E-state index in [1.807, 2.05) is 38.1 Å². The van der Waals surface area contributed by atoms with Crippen molar-refractivity contribution >= 4 is 11.6 Å². The highest BCUT2D eigenvalue weighted by molar-refractivity contribution is 5.92. The van der Waals surface area contributed by atoms with Gasteiger partial charge in [0.1, 0.15) is 5.75 Å². The number of piperidine rings is 1. The number of amides is 1. The lowest BCUT2D eigenvalue weighted by Gasteiger charge is -2.28. The van der Waals surface area contributed by atoms with Crippen molar-refractivity contribution in [3.63, 3.8) is 0 Å². The van der Waals surface area contributed by atoms with Crippen LogP contribution in [0.4, 0.5) is 5.69 Å². The Morgan fingerprint density at radius 3 is 2.67 bits per heavy atom. The highest BCUT2D eigenvalue weighted by atomic mass is 16.5. The van der Waals surface area contributed by atoms with E-state index >= 15 is 0 Å². The summed E-state index contributed by atoms with van der Waals surface area (Å²) < 4.78 is 5.73. The van der Waals surface area contributed by atoms with Gasteiger partial charge in [0, 0.05) is 6.42 Å². The molecule has 1 aromatic rings. The molecule has 0 radical (unpaired) electrons. The third-order valence-electron chi connectivity index (χ3n) is 3.84. The quantitative estimate of drug-likeness (QED) is 0.906. The molecule has 0 bridgehead atoms. The molecule has 4 heteroatoms. The van der Waals surface area contributed by atoms with Gasteiger partial charge in [-0.1, -0.05) is 12.1 Å². The molecule has 1 amide bonds. The molecule has 2 rings (SSSR count). The Hall–Kier alpha value is -1.55. The van der Waals surface area contributed by atoms with E-state index in [-0.39, 0.29) is 12.0 Å². The molecule has 0 spiro atoms. The van der Waals surface area contributed by atoms with Crippen LogP contribution in [-0.2, 0) is 4.79 Å². The Morgan fingerprint density at radius 1 is 1.33 bits per heavy atom. The Bertz CT molecular complexity index is 466. The molecule has 0 atom stereocenters. The van der Waals surface area contributed by atoms with Crippen LogP contribution in [0.3, 0.4) is 0 Å². The minimum atomic E-state index is 0.0874. The summed E-state index contributed by atoms with van der Waals surface area (Å²) >= 11 is 0. The number of benzene rings is 1. The van der Waals surface area contributed by atoms with E-state index in [1.165, 1.54) is 0 Å². The van der Waals surface area contributed by atoms with Gasteiger partial charge in [0.05, 0.1) is 11.8 Å². The van der Waals surface area contributed by atoms with Crippen molar-refractivity contribution in [2.45, 2.75) is 39.2 Å². The Morgan fingerprint density at radius 2 is 2.00 bits per heavy atom. The van der Waals surface area contributed by atoms with Crippen LogP contribution in [0.15, 0.2) is 24.3 Å². The third-order valence-corrected chi connectivity index (χ3v) is 3.84. The average Bonchev–Trinajstić information content (AvgIpc) is 2.43. The molecule has 0 aromatic heterocycles. The number of carbonyl (C=O) groups excluding carboxylic acids is 1. The lowest BCUT2D eigenvalue weighted by Crippen LogP contribution is -2.32. The lowest BCUT2D eigenvalue weighted by atomic mass is 9.93. The summed E-state index contributed by atoms with van der Waals surface area (Å²) in [6.45, 7) is 6.14. The number of carbonyl (C=O) groups is 1. The number of nitrogens with one attached hydrogen (secondary N) is 1. The van der Waals surface area contributed by atoms with E-state index in [9.17, 15) is 4.79 Å². The van der Waals surface area contributed by atoms with Gasteiger partial charge in [-0.3, -0.25) is 4.79 Å². The predicted molar refractivity (Wildman–Crippen MR) is 85.7 cm³/mol. The number of likely N-dealkylation sites (tertiary alicyclic amines) is 1. The summed E-state index contributed by atoms with van der Waals surface area (Å²) in [4.78, 5) is 14.5. The van der Waals surface area contributed by atoms with Gasteiger partial charge in [-0.15, -0.1) is 0 Å². The number of anilines is 1. The molecule has 1 aliphatic rings. The van der Waals surface area contributed by atoms with Crippen LogP contribution < -0.4 is 10.1 Å². The maximum Gasteiger partial charge on any atom is 0.224 e. The Labute approximate surface area is 127 Å². The second-order valence-electron chi connectivity index (χ2n) is 6.16. The molecule has 1 aliphatic heterocycles. The van der Waals surface area contributed by atoms with Gasteiger partial charge in [-0.25, -0.2) is 0 Å². The summed E-state index contributed by atoms with van der Waals surface area (Å²) in [5.74, 6) is 1.33. The second kappa shape index (κ2) is 7.46. The fourth-order valence-electron chi connectivity index (χ4n) is 2.66. The van der Waals surface area contributed by atoms with E-state index in [2.05, 4.69) is 17.3 Å². The van der Waals surface area contributed by atoms with Crippen LogP contribution in [0, 0.1) is 5.92 Å². The van der Waals surface area contributed by atoms with Gasteiger partial charge in [-0.2, -0.15) is 0 Å². The molecule has 1 N–H and O–H groups in total. The zero-order valence-electron chi connectivity index (χ0n) is 13.3. The monoisotopic (exact) mass is 290 g/mol. The number of nitrogens with zero attached hydrogens (tertiary/aromatic N) is 1. The third kappa shape index (κ3) is 5.05. The predicted octanol–water partition coefficient (Wildman–Crippen LogP) is 3.14. The molecule has 0 unspecified atom stereocenters. The first-order valence-corrected chi connectivity index (χ1v) is 7.78. The second-order valence-corrected chi connectivity index (χ2v) is 6.16. The summed E-state index contributed by atoms with van der Waals surface area (Å²) in [6, 6.07) is 7.62. The van der Waals surface area contributed by atoms with Gasteiger partial charge in [0.25, 0.3) is 0 Å². The smallest absolute Gasteiger partial charge is 0.224 e. The van der Waals surface area contributed by atoms with Crippen molar-refractivity contribution in [2.24, 2.45) is 5.92 Å². The van der Waals surface area contributed by atoms with E-state index in [0.717, 1.165) is 37.4 Å². The number of ether oxygens (including phenoxy) is 1. The van der Waals surface area contributed by atoms with Crippen molar-refractivity contribution in [1.82, 2.24) is 4.90 Å². The van der Waals surface area contributed by atoms with Gasteiger partial charge in [-0.05, 0) is 64.9 Å². The van der Waals surface area contributed by atoms with Crippen molar-refractivity contribution in [3.05, 3.63) is 24.3 Å². The standard InChI is InChI=1S/C17H26N2O2/c1-13(2)21-16-7-5-4-6-15(16)18-17(20)12-14-8-10-19(3)11-9-14/h4-7,13-14H,8-12H2,1-3H3,(H,18,20). The van der Waals surface area contributed by atoms with E-state index in [0.29, 0.717) is 12.3 Å². The molecular weight excluding hydrogens is 264 g/mol. The zero-order valence-corrected chi connectivity index (χ0v) is 13.3. The normalized spacial score (nSPS) is 17.0. The van der Waals surface area contributed by atoms with E-state index in [1.54, 1.807) is 0 Å². The lowest BCUT2D eigenvalue weighted by molar-refractivity contribution is -0.117. The van der Waals surface area contributed by atoms with E-state index in [4.69, 9.17) is 4.74 Å². The highest BCUT2D eigenvalue weighted by Crippen LogP contribution is 2.26. The number of rotatable bonds is 5. The average molecular weight is 290 g/mol. The van der Waals surface area contributed by atoms with Crippen LogP contribution in [0.1, 0.15) is 33.1 Å². The number of hydrogen-bond donors (Lipinski definition) is 1. The fourth-order valence-corrected chi connectivity index (χ4v) is 2.66. The number of para-hydroxylation sites is 2. The molecule has 1 aromatic carbocycles. The molecule has 1 saturated heterocycles. The Balaban J connectivity index is 1.90. The van der Waals surface area contributed by atoms with Crippen molar-refractivity contribution in [3.8, 4) is 5.75 Å². The topological polar surface area (TPSA) is 41.6 Å².